The number of hydrogen-bond acceptors (Lipinski definition) is 4. The Morgan fingerprint density at radius 3 is 2.87 bits per heavy atom. The van der Waals surface area contributed by atoms with E-state index in [-0.39, 0.29) is 17.8 Å². The highest BCUT2D eigenvalue weighted by Gasteiger charge is 2.24. The molecular weight excluding hydrogens is 297 g/mol. The molecule has 0 bridgehead atoms. The largest absolute Gasteiger partial charge is 0.508 e. The third-order valence-corrected chi connectivity index (χ3v) is 4.11. The molecule has 0 saturated heterocycles. The summed E-state index contributed by atoms with van der Waals surface area (Å²) in [5.74, 6) is 1.10. The van der Waals surface area contributed by atoms with Crippen molar-refractivity contribution in [2.24, 2.45) is 0 Å². The lowest BCUT2D eigenvalue weighted by atomic mass is 9.98. The minimum absolute atomic E-state index is 0.0669. The Labute approximate surface area is 134 Å². The van der Waals surface area contributed by atoms with E-state index in [1.54, 1.807) is 13.2 Å². The predicted molar refractivity (Wildman–Crippen MR) is 85.5 cm³/mol. The molecule has 23 heavy (non-hydrogen) atoms. The Hall–Kier alpha value is -2.27. The molecule has 1 heterocycles. The molecule has 0 aliphatic carbocycles. The molecule has 3 rings (SSSR count). The molecule has 0 aromatic heterocycles. The summed E-state index contributed by atoms with van der Waals surface area (Å²) in [5.41, 5.74) is 1.74. The van der Waals surface area contributed by atoms with Crippen LogP contribution in [-0.4, -0.2) is 18.8 Å². The Kier molecular flexibility index (Phi) is 4.39. The van der Waals surface area contributed by atoms with E-state index < -0.39 is 5.82 Å². The number of hydrogen-bond donors (Lipinski definition) is 2. The summed E-state index contributed by atoms with van der Waals surface area (Å²) in [4.78, 5) is 0. The van der Waals surface area contributed by atoms with Crippen LogP contribution in [0.3, 0.4) is 0 Å². The van der Waals surface area contributed by atoms with Crippen molar-refractivity contribution in [3.63, 3.8) is 0 Å². The van der Waals surface area contributed by atoms with Crippen LogP contribution in [-0.2, 0) is 0 Å². The minimum Gasteiger partial charge on any atom is -0.508 e. The predicted octanol–water partition coefficient (Wildman–Crippen LogP) is 3.71. The van der Waals surface area contributed by atoms with E-state index in [1.165, 1.54) is 6.07 Å². The molecule has 0 amide bonds. The van der Waals surface area contributed by atoms with Crippen LogP contribution in [0.15, 0.2) is 36.4 Å². The molecule has 4 nitrogen and oxygen atoms in total. The van der Waals surface area contributed by atoms with Crippen molar-refractivity contribution in [2.75, 3.05) is 13.7 Å². The van der Waals surface area contributed by atoms with E-state index >= 15 is 0 Å². The topological polar surface area (TPSA) is 50.7 Å². The molecule has 2 atom stereocenters. The molecule has 2 aromatic carbocycles. The van der Waals surface area contributed by atoms with Gasteiger partial charge in [-0.3, -0.25) is 0 Å². The Bertz CT molecular complexity index is 684. The second-order valence-electron chi connectivity index (χ2n) is 5.72. The van der Waals surface area contributed by atoms with Gasteiger partial charge in [-0.1, -0.05) is 0 Å². The maximum atomic E-state index is 13.5. The molecule has 0 radical (unpaired) electrons. The monoisotopic (exact) mass is 317 g/mol. The second-order valence-corrected chi connectivity index (χ2v) is 5.72. The number of ether oxygens (including phenoxy) is 2. The first-order chi connectivity index (χ1) is 11.1. The summed E-state index contributed by atoms with van der Waals surface area (Å²) in [6.07, 6.45) is 0.811. The summed E-state index contributed by atoms with van der Waals surface area (Å²) < 4.78 is 24.4. The number of halogens is 1. The summed E-state index contributed by atoms with van der Waals surface area (Å²) in [6, 6.07) is 9.81. The average Bonchev–Trinajstić information content (AvgIpc) is 2.53. The first kappa shape index (κ1) is 15.6. The molecule has 122 valence electrons. The fourth-order valence-electron chi connectivity index (χ4n) is 2.92. The van der Waals surface area contributed by atoms with Crippen molar-refractivity contribution in [3.05, 3.63) is 53.3 Å². The Morgan fingerprint density at radius 2 is 2.13 bits per heavy atom. The van der Waals surface area contributed by atoms with Gasteiger partial charge in [0, 0.05) is 30.1 Å². The third kappa shape index (κ3) is 3.40. The van der Waals surface area contributed by atoms with Crippen molar-refractivity contribution in [1.29, 1.82) is 0 Å². The number of benzene rings is 2. The second kappa shape index (κ2) is 6.46. The van der Waals surface area contributed by atoms with E-state index in [9.17, 15) is 9.50 Å². The normalized spacial score (nSPS) is 18.0. The van der Waals surface area contributed by atoms with E-state index in [0.29, 0.717) is 12.2 Å². The lowest BCUT2D eigenvalue weighted by Crippen LogP contribution is -2.29. The molecule has 2 aromatic rings. The van der Waals surface area contributed by atoms with Crippen LogP contribution in [0, 0.1) is 5.82 Å². The average molecular weight is 317 g/mol. The molecule has 1 aliphatic heterocycles. The van der Waals surface area contributed by atoms with Crippen LogP contribution in [0.25, 0.3) is 0 Å². The van der Waals surface area contributed by atoms with Gasteiger partial charge in [0.15, 0.2) is 0 Å². The van der Waals surface area contributed by atoms with Gasteiger partial charge in [0.05, 0.1) is 13.7 Å². The summed E-state index contributed by atoms with van der Waals surface area (Å²) in [7, 11) is 1.63. The molecular formula is C18H20FNO3. The molecule has 1 aliphatic rings. The van der Waals surface area contributed by atoms with Crippen LogP contribution in [0.5, 0.6) is 17.2 Å². The van der Waals surface area contributed by atoms with E-state index in [4.69, 9.17) is 9.47 Å². The van der Waals surface area contributed by atoms with Crippen LogP contribution >= 0.6 is 0 Å². The summed E-state index contributed by atoms with van der Waals surface area (Å²) in [6.45, 7) is 2.57. The van der Waals surface area contributed by atoms with Gasteiger partial charge in [0.1, 0.15) is 23.1 Å². The Balaban J connectivity index is 1.83. The fourth-order valence-corrected chi connectivity index (χ4v) is 2.92. The molecule has 0 fully saturated rings. The van der Waals surface area contributed by atoms with Gasteiger partial charge in [-0.25, -0.2) is 4.39 Å². The van der Waals surface area contributed by atoms with Crippen LogP contribution < -0.4 is 14.8 Å². The molecule has 2 N–H and O–H groups in total. The summed E-state index contributed by atoms with van der Waals surface area (Å²) in [5, 5.41) is 13.1. The van der Waals surface area contributed by atoms with Crippen LogP contribution in [0.4, 0.5) is 4.39 Å². The SMILES string of the molecule is COc1ccc2c(c1)[C@@H](NC(C)c1cc(O)cc(F)c1)CCO2. The fraction of sp³-hybridized carbons (Fsp3) is 0.333. The third-order valence-electron chi connectivity index (χ3n) is 4.11. The van der Waals surface area contributed by atoms with Crippen molar-refractivity contribution in [1.82, 2.24) is 5.32 Å². The van der Waals surface area contributed by atoms with Crippen molar-refractivity contribution >= 4 is 0 Å². The number of fused-ring (bicyclic) bond motifs is 1. The lowest BCUT2D eigenvalue weighted by molar-refractivity contribution is 0.245. The zero-order valence-corrected chi connectivity index (χ0v) is 13.2. The first-order valence-electron chi connectivity index (χ1n) is 7.63. The lowest BCUT2D eigenvalue weighted by Gasteiger charge is -2.30. The number of phenols is 1. The smallest absolute Gasteiger partial charge is 0.127 e. The summed E-state index contributed by atoms with van der Waals surface area (Å²) >= 11 is 0. The van der Waals surface area contributed by atoms with Crippen molar-refractivity contribution in [3.8, 4) is 17.2 Å². The standard InChI is InChI=1S/C18H20FNO3/c1-11(12-7-13(19)9-14(21)8-12)20-17-5-6-23-18-4-3-15(22-2)10-16(17)18/h3-4,7-11,17,20-21H,5-6H2,1-2H3/t11?,17-/m0/s1. The van der Waals surface area contributed by atoms with Gasteiger partial charge in [0.25, 0.3) is 0 Å². The van der Waals surface area contributed by atoms with Crippen LogP contribution in [0.1, 0.15) is 36.6 Å². The maximum absolute atomic E-state index is 13.5. The highest BCUT2D eigenvalue weighted by Crippen LogP contribution is 2.36. The van der Waals surface area contributed by atoms with Crippen molar-refractivity contribution in [2.45, 2.75) is 25.4 Å². The number of methoxy groups -OCH3 is 1. The maximum Gasteiger partial charge on any atom is 0.127 e. The minimum atomic E-state index is -0.442. The van der Waals surface area contributed by atoms with E-state index in [1.807, 2.05) is 25.1 Å². The number of nitrogens with one attached hydrogen (secondary N) is 1. The number of phenolic OH excluding ortho intramolecular Hbond substituents is 1. The zero-order chi connectivity index (χ0) is 16.4. The van der Waals surface area contributed by atoms with E-state index in [0.717, 1.165) is 29.5 Å². The van der Waals surface area contributed by atoms with Gasteiger partial charge in [-0.05, 0) is 42.8 Å². The van der Waals surface area contributed by atoms with Crippen molar-refractivity contribution < 1.29 is 19.0 Å². The molecule has 5 heteroatoms. The highest BCUT2D eigenvalue weighted by molar-refractivity contribution is 5.43. The van der Waals surface area contributed by atoms with Gasteiger partial charge in [0.2, 0.25) is 0 Å². The zero-order valence-electron chi connectivity index (χ0n) is 13.2. The molecule has 0 saturated carbocycles. The van der Waals surface area contributed by atoms with Crippen LogP contribution in [0.2, 0.25) is 0 Å². The highest BCUT2D eigenvalue weighted by atomic mass is 19.1. The van der Waals surface area contributed by atoms with E-state index in [2.05, 4.69) is 5.32 Å². The number of aromatic hydroxyl groups is 1. The number of rotatable bonds is 4. The molecule has 0 spiro atoms. The van der Waals surface area contributed by atoms with Gasteiger partial charge >= 0.3 is 0 Å². The van der Waals surface area contributed by atoms with Gasteiger partial charge in [-0.2, -0.15) is 0 Å². The first-order valence-corrected chi connectivity index (χ1v) is 7.63. The molecule has 1 unspecified atom stereocenters. The van der Waals surface area contributed by atoms with Gasteiger partial charge in [-0.15, -0.1) is 0 Å². The Morgan fingerprint density at radius 1 is 1.30 bits per heavy atom. The quantitative estimate of drug-likeness (QED) is 0.902. The van der Waals surface area contributed by atoms with Gasteiger partial charge < -0.3 is 19.9 Å².